The predicted molar refractivity (Wildman–Crippen MR) is 130 cm³/mol. The van der Waals surface area contributed by atoms with Gasteiger partial charge in [0, 0.05) is 22.9 Å². The van der Waals surface area contributed by atoms with E-state index < -0.39 is 23.8 Å². The third kappa shape index (κ3) is 5.06. The van der Waals surface area contributed by atoms with Gasteiger partial charge in [-0.1, -0.05) is 19.9 Å². The van der Waals surface area contributed by atoms with Crippen molar-refractivity contribution < 1.29 is 33.3 Å². The molecule has 0 bridgehead atoms. The highest BCUT2D eigenvalue weighted by Crippen LogP contribution is 2.47. The summed E-state index contributed by atoms with van der Waals surface area (Å²) in [4.78, 5) is 39.8. The van der Waals surface area contributed by atoms with E-state index >= 15 is 0 Å². The molecule has 8 heteroatoms. The third-order valence-corrected chi connectivity index (χ3v) is 6.67. The van der Waals surface area contributed by atoms with Crippen molar-refractivity contribution in [3.63, 3.8) is 0 Å². The molecule has 4 atom stereocenters. The van der Waals surface area contributed by atoms with Gasteiger partial charge in [-0.3, -0.25) is 9.59 Å². The van der Waals surface area contributed by atoms with E-state index in [9.17, 15) is 14.4 Å². The van der Waals surface area contributed by atoms with Gasteiger partial charge in [-0.15, -0.1) is 0 Å². The number of hydrogen-bond acceptors (Lipinski definition) is 8. The molecule has 1 N–H and O–H groups in total. The quantitative estimate of drug-likeness (QED) is 0.435. The lowest BCUT2D eigenvalue weighted by Gasteiger charge is -2.38. The van der Waals surface area contributed by atoms with Crippen molar-refractivity contribution in [2.45, 2.75) is 59.5 Å². The average Bonchev–Trinajstić information content (AvgIpc) is 2.83. The fourth-order valence-corrected chi connectivity index (χ4v) is 4.75. The first kappa shape index (κ1) is 26.3. The summed E-state index contributed by atoms with van der Waals surface area (Å²) in [7, 11) is 2.81. The van der Waals surface area contributed by atoms with Gasteiger partial charge in [0.25, 0.3) is 0 Å². The van der Waals surface area contributed by atoms with Crippen LogP contribution in [0.25, 0.3) is 0 Å². The highest BCUT2D eigenvalue weighted by atomic mass is 16.5. The van der Waals surface area contributed by atoms with Gasteiger partial charge < -0.3 is 24.3 Å². The highest BCUT2D eigenvalue weighted by Gasteiger charge is 2.47. The smallest absolute Gasteiger partial charge is 0.337 e. The van der Waals surface area contributed by atoms with E-state index in [0.29, 0.717) is 59.1 Å². The number of esters is 2. The molecule has 3 rings (SSSR count). The maximum atomic E-state index is 13.8. The second-order valence-corrected chi connectivity index (χ2v) is 9.00. The van der Waals surface area contributed by atoms with Crippen LogP contribution >= 0.6 is 0 Å². The summed E-state index contributed by atoms with van der Waals surface area (Å²) in [5, 5.41) is 3.27. The Morgan fingerprint density at radius 3 is 2.49 bits per heavy atom. The number of ether oxygens (including phenoxy) is 4. The first-order chi connectivity index (χ1) is 16.7. The van der Waals surface area contributed by atoms with Crippen LogP contribution in [0.2, 0.25) is 0 Å². The van der Waals surface area contributed by atoms with Crippen LogP contribution in [0, 0.1) is 11.8 Å². The molecule has 1 aliphatic heterocycles. The van der Waals surface area contributed by atoms with Gasteiger partial charge >= 0.3 is 11.9 Å². The lowest BCUT2D eigenvalue weighted by Crippen LogP contribution is -2.43. The Kier molecular flexibility index (Phi) is 8.25. The predicted octanol–water partition coefficient (Wildman–Crippen LogP) is 4.05. The topological polar surface area (TPSA) is 100 Å². The van der Waals surface area contributed by atoms with Crippen LogP contribution in [0.5, 0.6) is 11.5 Å². The molecule has 0 spiro atoms. The molecular formula is C27H35NO7. The van der Waals surface area contributed by atoms with Crippen molar-refractivity contribution in [3.8, 4) is 11.5 Å². The van der Waals surface area contributed by atoms with Gasteiger partial charge in [0.2, 0.25) is 0 Å². The number of nitrogens with one attached hydrogen (secondary N) is 1. The first-order valence-electron chi connectivity index (χ1n) is 12.0. The minimum Gasteiger partial charge on any atom is -0.493 e. The van der Waals surface area contributed by atoms with E-state index in [2.05, 4.69) is 5.32 Å². The molecule has 0 radical (unpaired) electrons. The van der Waals surface area contributed by atoms with Crippen molar-refractivity contribution in [1.29, 1.82) is 0 Å². The van der Waals surface area contributed by atoms with Crippen LogP contribution in [0.3, 0.4) is 0 Å². The minimum atomic E-state index is -0.946. The zero-order chi connectivity index (χ0) is 25.9. The molecule has 1 heterocycles. The molecule has 35 heavy (non-hydrogen) atoms. The normalized spacial score (nSPS) is 22.7. The number of dihydropyridines is 1. The van der Waals surface area contributed by atoms with Crippen LogP contribution in [-0.2, 0) is 23.9 Å². The zero-order valence-corrected chi connectivity index (χ0v) is 21.5. The van der Waals surface area contributed by atoms with E-state index in [1.807, 2.05) is 33.8 Å². The molecule has 0 saturated carbocycles. The summed E-state index contributed by atoms with van der Waals surface area (Å²) in [5.74, 6) is -2.32. The van der Waals surface area contributed by atoms with Crippen LogP contribution in [-0.4, -0.2) is 44.7 Å². The number of hydrogen-bond donors (Lipinski definition) is 1. The molecular weight excluding hydrogens is 450 g/mol. The number of carbonyl (C=O) groups is 3. The number of benzene rings is 1. The lowest BCUT2D eigenvalue weighted by molar-refractivity contribution is -0.151. The number of carbonyl (C=O) groups excluding carboxylic acids is 3. The van der Waals surface area contributed by atoms with Crippen molar-refractivity contribution >= 4 is 17.7 Å². The molecule has 0 aromatic heterocycles. The van der Waals surface area contributed by atoms with Crippen LogP contribution in [0.1, 0.15) is 58.9 Å². The Labute approximate surface area is 206 Å². The van der Waals surface area contributed by atoms with E-state index in [-0.39, 0.29) is 17.8 Å². The van der Waals surface area contributed by atoms with Gasteiger partial charge in [0.15, 0.2) is 17.3 Å². The molecule has 2 aliphatic rings. The van der Waals surface area contributed by atoms with Gasteiger partial charge in [0.05, 0.1) is 32.5 Å². The Bertz CT molecular complexity index is 1070. The van der Waals surface area contributed by atoms with Gasteiger partial charge in [-0.2, -0.15) is 0 Å². The molecule has 1 aromatic rings. The molecule has 1 aliphatic carbocycles. The summed E-state index contributed by atoms with van der Waals surface area (Å²) in [6, 6.07) is 5.35. The molecule has 4 unspecified atom stereocenters. The van der Waals surface area contributed by atoms with E-state index in [1.165, 1.54) is 14.2 Å². The lowest BCUT2D eigenvalue weighted by atomic mass is 9.69. The van der Waals surface area contributed by atoms with Crippen molar-refractivity contribution in [3.05, 3.63) is 46.3 Å². The molecule has 190 valence electrons. The Hall–Kier alpha value is -3.29. The minimum absolute atomic E-state index is 0.252. The van der Waals surface area contributed by atoms with Crippen molar-refractivity contribution in [2.24, 2.45) is 11.8 Å². The summed E-state index contributed by atoms with van der Waals surface area (Å²) in [6.45, 7) is 9.75. The van der Waals surface area contributed by atoms with Gasteiger partial charge in [-0.25, -0.2) is 4.79 Å². The Morgan fingerprint density at radius 2 is 1.89 bits per heavy atom. The van der Waals surface area contributed by atoms with Gasteiger partial charge in [0.1, 0.15) is 5.92 Å². The average molecular weight is 486 g/mol. The monoisotopic (exact) mass is 485 g/mol. The fourth-order valence-electron chi connectivity index (χ4n) is 4.75. The van der Waals surface area contributed by atoms with Crippen LogP contribution in [0.4, 0.5) is 0 Å². The maximum absolute atomic E-state index is 13.8. The standard InChI is InChI=1S/C27H35NO7/c1-8-15(4)35-27(31)22-16(5)28-18-12-14(3)21(26(30)33-7)25(29)24(18)23(22)17-10-11-19(34-9-2)20(13-17)32-6/h10-11,13-15,21,23,28H,8-9,12H2,1-7H3. The second-order valence-electron chi connectivity index (χ2n) is 9.00. The van der Waals surface area contributed by atoms with Crippen molar-refractivity contribution in [1.82, 2.24) is 5.32 Å². The number of allylic oxidation sites excluding steroid dienone is 3. The zero-order valence-electron chi connectivity index (χ0n) is 21.5. The number of methoxy groups -OCH3 is 2. The number of ketones is 1. The third-order valence-electron chi connectivity index (χ3n) is 6.67. The largest absolute Gasteiger partial charge is 0.493 e. The van der Waals surface area contributed by atoms with Gasteiger partial charge in [-0.05, 0) is 57.2 Å². The molecule has 8 nitrogen and oxygen atoms in total. The number of Topliss-reactive ketones (excluding diaryl/α,β-unsaturated/α-hetero) is 1. The SMILES string of the molecule is CCOc1ccc(C2C(C(=O)OC(C)CC)=C(C)NC3=C2C(=O)C(C(=O)OC)C(C)C3)cc1OC. The number of rotatable bonds is 8. The Balaban J connectivity index is 2.20. The molecule has 0 saturated heterocycles. The maximum Gasteiger partial charge on any atom is 0.337 e. The fraction of sp³-hybridized carbons (Fsp3) is 0.519. The van der Waals surface area contributed by atoms with E-state index in [0.717, 1.165) is 0 Å². The second kappa shape index (κ2) is 11.0. The van der Waals surface area contributed by atoms with Crippen LogP contribution < -0.4 is 14.8 Å². The Morgan fingerprint density at radius 1 is 1.17 bits per heavy atom. The summed E-state index contributed by atoms with van der Waals surface area (Å²) >= 11 is 0. The molecule has 1 aromatic carbocycles. The van der Waals surface area contributed by atoms with E-state index in [1.54, 1.807) is 19.1 Å². The highest BCUT2D eigenvalue weighted by molar-refractivity contribution is 6.12. The summed E-state index contributed by atoms with van der Waals surface area (Å²) in [6.07, 6.45) is 0.830. The van der Waals surface area contributed by atoms with E-state index in [4.69, 9.17) is 18.9 Å². The molecule has 0 fully saturated rings. The molecule has 0 amide bonds. The first-order valence-corrected chi connectivity index (χ1v) is 12.0. The van der Waals surface area contributed by atoms with Crippen molar-refractivity contribution in [2.75, 3.05) is 20.8 Å². The summed E-state index contributed by atoms with van der Waals surface area (Å²) < 4.78 is 21.8. The van der Waals surface area contributed by atoms with Crippen LogP contribution in [0.15, 0.2) is 40.7 Å². The summed E-state index contributed by atoms with van der Waals surface area (Å²) in [5.41, 5.74) is 2.71.